The Labute approximate surface area is 177 Å². The first kappa shape index (κ1) is 20.3. The van der Waals surface area contributed by atoms with E-state index in [1.54, 1.807) is 12.3 Å². The Morgan fingerprint density at radius 1 is 1.17 bits per heavy atom. The minimum absolute atomic E-state index is 0.00854. The van der Waals surface area contributed by atoms with Gasteiger partial charge in [-0.3, -0.25) is 9.69 Å². The molecule has 2 aliphatic rings. The number of aromatic nitrogens is 1. The maximum atomic E-state index is 13.4. The summed E-state index contributed by atoms with van der Waals surface area (Å²) in [5.74, 6) is 0.00854. The molecule has 29 heavy (non-hydrogen) atoms. The maximum Gasteiger partial charge on any atom is 0.238 e. The summed E-state index contributed by atoms with van der Waals surface area (Å²) in [4.78, 5) is 19.7. The summed E-state index contributed by atoms with van der Waals surface area (Å²) >= 11 is 5.89. The summed E-state index contributed by atoms with van der Waals surface area (Å²) in [6.45, 7) is 1.55. The molecule has 1 aliphatic carbocycles. The third-order valence-corrected chi connectivity index (χ3v) is 6.57. The second-order valence-corrected chi connectivity index (χ2v) is 8.59. The van der Waals surface area contributed by atoms with E-state index in [9.17, 15) is 9.90 Å². The number of pyridine rings is 1. The molecule has 0 bridgehead atoms. The average Bonchev–Trinajstić information content (AvgIpc) is 3.20. The second kappa shape index (κ2) is 8.82. The number of likely N-dealkylation sites (tertiary alicyclic amines) is 1. The number of hydrogen-bond acceptors (Lipinski definition) is 4. The summed E-state index contributed by atoms with van der Waals surface area (Å²) in [6, 6.07) is 13.5. The van der Waals surface area contributed by atoms with E-state index in [0.717, 1.165) is 49.8 Å². The van der Waals surface area contributed by atoms with E-state index >= 15 is 0 Å². The predicted molar refractivity (Wildman–Crippen MR) is 113 cm³/mol. The molecule has 1 amide bonds. The van der Waals surface area contributed by atoms with E-state index in [-0.39, 0.29) is 11.9 Å². The van der Waals surface area contributed by atoms with Gasteiger partial charge in [-0.1, -0.05) is 60.8 Å². The van der Waals surface area contributed by atoms with Gasteiger partial charge in [0, 0.05) is 12.7 Å². The molecule has 1 saturated heterocycles. The van der Waals surface area contributed by atoms with E-state index in [2.05, 4.69) is 15.2 Å². The molecule has 154 valence electrons. The second-order valence-electron chi connectivity index (χ2n) is 8.21. The fourth-order valence-corrected chi connectivity index (χ4v) is 4.91. The normalized spacial score (nSPS) is 27.7. The molecule has 1 aromatic heterocycles. The van der Waals surface area contributed by atoms with E-state index in [1.165, 1.54) is 0 Å². The SMILES string of the molecule is O=C(N[C@@]1(c2ccccc2)CCCC[C@H]1O)C1CCCN1Cc1ccc(Cl)nc1. The molecule has 6 heteroatoms. The van der Waals surface area contributed by atoms with Crippen LogP contribution in [0.3, 0.4) is 0 Å². The van der Waals surface area contributed by atoms with Gasteiger partial charge in [0.2, 0.25) is 5.91 Å². The van der Waals surface area contributed by atoms with E-state index in [4.69, 9.17) is 11.6 Å². The van der Waals surface area contributed by atoms with Gasteiger partial charge >= 0.3 is 0 Å². The zero-order valence-electron chi connectivity index (χ0n) is 16.6. The Balaban J connectivity index is 1.53. The Morgan fingerprint density at radius 3 is 2.72 bits per heavy atom. The van der Waals surface area contributed by atoms with Gasteiger partial charge in [0.1, 0.15) is 5.15 Å². The molecular weight excluding hydrogens is 386 g/mol. The molecule has 1 aliphatic heterocycles. The molecule has 0 radical (unpaired) electrons. The van der Waals surface area contributed by atoms with Crippen LogP contribution in [0.2, 0.25) is 5.15 Å². The zero-order valence-corrected chi connectivity index (χ0v) is 17.3. The Morgan fingerprint density at radius 2 is 2.00 bits per heavy atom. The third kappa shape index (κ3) is 4.32. The number of carbonyl (C=O) groups excluding carboxylic acids is 1. The van der Waals surface area contributed by atoms with Crippen LogP contribution in [-0.4, -0.2) is 39.6 Å². The van der Waals surface area contributed by atoms with Gasteiger partial charge < -0.3 is 10.4 Å². The van der Waals surface area contributed by atoms with Crippen molar-refractivity contribution in [2.75, 3.05) is 6.54 Å². The van der Waals surface area contributed by atoms with Crippen LogP contribution < -0.4 is 5.32 Å². The van der Waals surface area contributed by atoms with E-state index in [0.29, 0.717) is 18.1 Å². The molecule has 2 heterocycles. The molecule has 2 N–H and O–H groups in total. The quantitative estimate of drug-likeness (QED) is 0.734. The number of amides is 1. The predicted octanol–water partition coefficient (Wildman–Crippen LogP) is 3.65. The van der Waals surface area contributed by atoms with Crippen molar-refractivity contribution in [3.63, 3.8) is 0 Å². The van der Waals surface area contributed by atoms with Gasteiger partial charge in [0.25, 0.3) is 0 Å². The van der Waals surface area contributed by atoms with Crippen LogP contribution in [0.15, 0.2) is 48.7 Å². The Hall–Kier alpha value is -1.95. The molecule has 1 unspecified atom stereocenters. The number of halogens is 1. The number of carbonyl (C=O) groups is 1. The van der Waals surface area contributed by atoms with Crippen LogP contribution in [0, 0.1) is 0 Å². The van der Waals surface area contributed by atoms with Crippen molar-refractivity contribution in [2.24, 2.45) is 0 Å². The van der Waals surface area contributed by atoms with Crippen LogP contribution >= 0.6 is 11.6 Å². The number of aliphatic hydroxyl groups excluding tert-OH is 1. The smallest absolute Gasteiger partial charge is 0.238 e. The first-order valence-corrected chi connectivity index (χ1v) is 10.9. The number of nitrogens with one attached hydrogen (secondary N) is 1. The summed E-state index contributed by atoms with van der Waals surface area (Å²) < 4.78 is 0. The molecule has 1 aromatic carbocycles. The fourth-order valence-electron chi connectivity index (χ4n) is 4.79. The first-order chi connectivity index (χ1) is 14.1. The Bertz CT molecular complexity index is 830. The molecule has 5 nitrogen and oxygen atoms in total. The maximum absolute atomic E-state index is 13.4. The molecule has 3 atom stereocenters. The lowest BCUT2D eigenvalue weighted by atomic mass is 9.74. The lowest BCUT2D eigenvalue weighted by molar-refractivity contribution is -0.130. The average molecular weight is 414 g/mol. The highest BCUT2D eigenvalue weighted by Gasteiger charge is 2.44. The first-order valence-electron chi connectivity index (χ1n) is 10.5. The van der Waals surface area contributed by atoms with Crippen molar-refractivity contribution in [2.45, 2.75) is 62.8 Å². The molecule has 2 fully saturated rings. The lowest BCUT2D eigenvalue weighted by Gasteiger charge is -2.43. The number of benzene rings is 1. The van der Waals surface area contributed by atoms with Crippen molar-refractivity contribution >= 4 is 17.5 Å². The van der Waals surface area contributed by atoms with Crippen LogP contribution in [0.5, 0.6) is 0 Å². The summed E-state index contributed by atoms with van der Waals surface area (Å²) in [5, 5.41) is 14.7. The monoisotopic (exact) mass is 413 g/mol. The van der Waals surface area contributed by atoms with E-state index in [1.807, 2.05) is 36.4 Å². The number of nitrogens with zero attached hydrogens (tertiary/aromatic N) is 2. The molecule has 2 aromatic rings. The van der Waals surface area contributed by atoms with Gasteiger partial charge in [-0.2, -0.15) is 0 Å². The standard InChI is InChI=1S/C23H28ClN3O2/c24-21-12-11-17(15-25-21)16-27-14-6-9-19(27)22(29)26-23(13-5-4-10-20(23)28)18-7-2-1-3-8-18/h1-3,7-8,11-12,15,19-20,28H,4-6,9-10,13-14,16H2,(H,26,29)/t19?,20-,23-/m1/s1. The van der Waals surface area contributed by atoms with Gasteiger partial charge in [-0.25, -0.2) is 4.98 Å². The van der Waals surface area contributed by atoms with Crippen molar-refractivity contribution in [3.8, 4) is 0 Å². The number of aliphatic hydroxyl groups is 1. The van der Waals surface area contributed by atoms with Crippen LogP contribution in [0.1, 0.15) is 49.7 Å². The number of hydrogen-bond donors (Lipinski definition) is 2. The number of rotatable bonds is 5. The van der Waals surface area contributed by atoms with Crippen LogP contribution in [0.25, 0.3) is 0 Å². The molecule has 4 rings (SSSR count). The highest BCUT2D eigenvalue weighted by atomic mass is 35.5. The van der Waals surface area contributed by atoms with Crippen molar-refractivity contribution < 1.29 is 9.90 Å². The molecule has 0 spiro atoms. The summed E-state index contributed by atoms with van der Waals surface area (Å²) in [5.41, 5.74) is 1.34. The van der Waals surface area contributed by atoms with Gasteiger partial charge in [-0.15, -0.1) is 0 Å². The summed E-state index contributed by atoms with van der Waals surface area (Å²) in [7, 11) is 0. The topological polar surface area (TPSA) is 65.5 Å². The largest absolute Gasteiger partial charge is 0.390 e. The van der Waals surface area contributed by atoms with Crippen molar-refractivity contribution in [1.82, 2.24) is 15.2 Å². The lowest BCUT2D eigenvalue weighted by Crippen LogP contribution is -2.58. The minimum Gasteiger partial charge on any atom is -0.390 e. The third-order valence-electron chi connectivity index (χ3n) is 6.34. The zero-order chi connectivity index (χ0) is 20.3. The summed E-state index contributed by atoms with van der Waals surface area (Å²) in [6.07, 6.45) is 6.47. The fraction of sp³-hybridized carbons (Fsp3) is 0.478. The van der Waals surface area contributed by atoms with E-state index < -0.39 is 11.6 Å². The minimum atomic E-state index is -0.702. The van der Waals surface area contributed by atoms with Gasteiger partial charge in [0.15, 0.2) is 0 Å². The highest BCUT2D eigenvalue weighted by molar-refractivity contribution is 6.29. The van der Waals surface area contributed by atoms with Crippen LogP contribution in [-0.2, 0) is 16.9 Å². The highest BCUT2D eigenvalue weighted by Crippen LogP contribution is 2.38. The van der Waals surface area contributed by atoms with Crippen molar-refractivity contribution in [3.05, 3.63) is 64.9 Å². The van der Waals surface area contributed by atoms with Gasteiger partial charge in [0.05, 0.1) is 17.7 Å². The van der Waals surface area contributed by atoms with Gasteiger partial charge in [-0.05, 0) is 49.4 Å². The molecule has 1 saturated carbocycles. The van der Waals surface area contributed by atoms with Crippen molar-refractivity contribution in [1.29, 1.82) is 0 Å². The Kier molecular flexibility index (Phi) is 6.18. The van der Waals surface area contributed by atoms with Crippen LogP contribution in [0.4, 0.5) is 0 Å². The molecular formula is C23H28ClN3O2.